The fourth-order valence-corrected chi connectivity index (χ4v) is 5.82. The topological polar surface area (TPSA) is 79.7 Å². The summed E-state index contributed by atoms with van der Waals surface area (Å²) in [7, 11) is 3.54. The molecule has 0 saturated carbocycles. The summed E-state index contributed by atoms with van der Waals surface area (Å²) in [5.41, 5.74) is 4.61. The number of thioether (sulfide) groups is 1. The third kappa shape index (κ3) is 8.47. The van der Waals surface area contributed by atoms with Crippen molar-refractivity contribution in [3.63, 3.8) is 0 Å². The van der Waals surface area contributed by atoms with Crippen LogP contribution >= 0.6 is 23.4 Å². The number of carbonyl (C=O) groups is 2. The van der Waals surface area contributed by atoms with Crippen molar-refractivity contribution in [1.82, 2.24) is 9.88 Å². The number of halogens is 1. The molecule has 0 aliphatic rings. The summed E-state index contributed by atoms with van der Waals surface area (Å²) in [5, 5.41) is 11.1. The number of benzene rings is 3. The quantitative estimate of drug-likeness (QED) is 0.185. The largest absolute Gasteiger partial charge is 0.487 e. The van der Waals surface area contributed by atoms with Crippen molar-refractivity contribution in [3.8, 4) is 5.75 Å². The third-order valence-electron chi connectivity index (χ3n) is 6.60. The van der Waals surface area contributed by atoms with E-state index in [2.05, 4.69) is 11.1 Å². The van der Waals surface area contributed by atoms with E-state index >= 15 is 0 Å². The van der Waals surface area contributed by atoms with E-state index in [1.165, 1.54) is 0 Å². The van der Waals surface area contributed by atoms with Gasteiger partial charge in [-0.15, -0.1) is 0 Å². The molecule has 1 unspecified atom stereocenters. The molecule has 8 heteroatoms. The highest BCUT2D eigenvalue weighted by atomic mass is 35.5. The van der Waals surface area contributed by atoms with Crippen molar-refractivity contribution in [2.45, 2.75) is 37.5 Å². The van der Waals surface area contributed by atoms with Crippen LogP contribution in [0.5, 0.6) is 5.75 Å². The van der Waals surface area contributed by atoms with E-state index in [1.807, 2.05) is 72.8 Å². The van der Waals surface area contributed by atoms with E-state index in [9.17, 15) is 14.7 Å². The zero-order valence-corrected chi connectivity index (χ0v) is 24.3. The fourth-order valence-electron chi connectivity index (χ4n) is 4.46. The Hall–Kier alpha value is -3.55. The lowest BCUT2D eigenvalue weighted by molar-refractivity contribution is -0.136. The maximum absolute atomic E-state index is 12.2. The molecule has 1 aromatic heterocycles. The molecule has 1 heterocycles. The number of carboxylic acids is 1. The van der Waals surface area contributed by atoms with Crippen LogP contribution in [0.15, 0.2) is 78.9 Å². The molecule has 0 bridgehead atoms. The Labute approximate surface area is 244 Å². The van der Waals surface area contributed by atoms with Crippen molar-refractivity contribution in [3.05, 3.63) is 106 Å². The van der Waals surface area contributed by atoms with Crippen molar-refractivity contribution in [1.29, 1.82) is 0 Å². The molecule has 1 amide bonds. The molecule has 0 aliphatic heterocycles. The van der Waals surface area contributed by atoms with Crippen molar-refractivity contribution >= 4 is 46.1 Å². The third-order valence-corrected chi connectivity index (χ3v) is 8.18. The van der Waals surface area contributed by atoms with Crippen LogP contribution in [0.1, 0.15) is 40.5 Å². The molecule has 1 atom stereocenters. The van der Waals surface area contributed by atoms with Crippen LogP contribution in [0.25, 0.3) is 10.9 Å². The average Bonchev–Trinajstić information content (AvgIpc) is 2.94. The van der Waals surface area contributed by atoms with Gasteiger partial charge in [0.1, 0.15) is 12.4 Å². The first-order valence-corrected chi connectivity index (χ1v) is 14.6. The monoisotopic (exact) mass is 576 g/mol. The molecule has 0 saturated heterocycles. The smallest absolute Gasteiger partial charge is 0.307 e. The minimum absolute atomic E-state index is 0.00363. The first kappa shape index (κ1) is 29.4. The highest BCUT2D eigenvalue weighted by molar-refractivity contribution is 7.99. The van der Waals surface area contributed by atoms with Gasteiger partial charge in [0.05, 0.1) is 17.6 Å². The van der Waals surface area contributed by atoms with Crippen molar-refractivity contribution < 1.29 is 19.4 Å². The number of nitrogens with zero attached hydrogens (tertiary/aromatic N) is 2. The minimum Gasteiger partial charge on any atom is -0.487 e. The first-order chi connectivity index (χ1) is 19.3. The lowest BCUT2D eigenvalue weighted by Crippen LogP contribution is -2.22. The summed E-state index contributed by atoms with van der Waals surface area (Å²) in [6.45, 7) is 0.323. The molecule has 0 spiro atoms. The number of carboxylic acid groups (broad SMARTS) is 1. The average molecular weight is 577 g/mol. The van der Waals surface area contributed by atoms with Gasteiger partial charge in [0.2, 0.25) is 5.91 Å². The molecule has 6 nitrogen and oxygen atoms in total. The summed E-state index contributed by atoms with van der Waals surface area (Å²) in [6.07, 6.45) is 1.99. The van der Waals surface area contributed by atoms with E-state index in [4.69, 9.17) is 16.3 Å². The number of carbonyl (C=O) groups excluding carboxylic acids is 1. The summed E-state index contributed by atoms with van der Waals surface area (Å²) in [5.74, 6) is 0.688. The van der Waals surface area contributed by atoms with E-state index in [1.54, 1.807) is 30.8 Å². The maximum atomic E-state index is 12.2. The van der Waals surface area contributed by atoms with Gasteiger partial charge in [-0.2, -0.15) is 11.8 Å². The van der Waals surface area contributed by atoms with Crippen LogP contribution in [0, 0.1) is 0 Å². The molecular formula is C32H33ClN2O4S. The lowest BCUT2D eigenvalue weighted by atomic mass is 9.98. The lowest BCUT2D eigenvalue weighted by Gasteiger charge is -2.20. The standard InChI is InChI=1S/C32H33ClN2O4S/c1-35(2)31(36)16-17-40-30(15-12-22-6-3-4-7-24(22)19-32(37)38)25-8-5-9-28(18-25)39-21-27-14-11-23-10-13-26(33)20-29(23)34-27/h3-11,13-14,18,20,30H,12,15-17,19,21H2,1-2H3,(H,37,38). The zero-order chi connectivity index (χ0) is 28.5. The molecule has 0 aliphatic carbocycles. The van der Waals surface area contributed by atoms with Crippen LogP contribution < -0.4 is 4.74 Å². The van der Waals surface area contributed by atoms with Crippen LogP contribution in [-0.4, -0.2) is 46.7 Å². The van der Waals surface area contributed by atoms with Crippen LogP contribution in [0.3, 0.4) is 0 Å². The molecule has 0 radical (unpaired) electrons. The minimum atomic E-state index is -0.838. The molecule has 208 valence electrons. The Balaban J connectivity index is 1.48. The molecule has 4 rings (SSSR count). The van der Waals surface area contributed by atoms with Gasteiger partial charge in [-0.25, -0.2) is 4.98 Å². The Kier molecular flexibility index (Phi) is 10.4. The summed E-state index contributed by atoms with van der Waals surface area (Å²) in [6, 6.07) is 25.4. The van der Waals surface area contributed by atoms with Crippen LogP contribution in [0.4, 0.5) is 0 Å². The molecule has 1 N–H and O–H groups in total. The molecule has 3 aromatic carbocycles. The van der Waals surface area contributed by atoms with Gasteiger partial charge in [-0.1, -0.05) is 60.1 Å². The number of ether oxygens (including phenoxy) is 1. The van der Waals surface area contributed by atoms with E-state index in [0.29, 0.717) is 23.8 Å². The van der Waals surface area contributed by atoms with Crippen LogP contribution in [0.2, 0.25) is 5.02 Å². The highest BCUT2D eigenvalue weighted by Crippen LogP contribution is 2.36. The highest BCUT2D eigenvalue weighted by Gasteiger charge is 2.16. The number of hydrogen-bond acceptors (Lipinski definition) is 5. The predicted octanol–water partition coefficient (Wildman–Crippen LogP) is 6.98. The van der Waals surface area contributed by atoms with Gasteiger partial charge in [0.25, 0.3) is 0 Å². The second kappa shape index (κ2) is 14.2. The molecule has 40 heavy (non-hydrogen) atoms. The Bertz CT molecular complexity index is 1480. The number of aromatic nitrogens is 1. The van der Waals surface area contributed by atoms with E-state index in [-0.39, 0.29) is 17.6 Å². The summed E-state index contributed by atoms with van der Waals surface area (Å²) in [4.78, 5) is 29.8. The molecule has 0 fully saturated rings. The van der Waals surface area contributed by atoms with Crippen molar-refractivity contribution in [2.24, 2.45) is 0 Å². The number of amides is 1. The number of aryl methyl sites for hydroxylation is 1. The number of pyridine rings is 1. The van der Waals surface area contributed by atoms with Gasteiger partial charge in [0.15, 0.2) is 0 Å². The maximum Gasteiger partial charge on any atom is 0.307 e. The molecular weight excluding hydrogens is 544 g/mol. The van der Waals surface area contributed by atoms with Crippen LogP contribution in [-0.2, 0) is 29.0 Å². The van der Waals surface area contributed by atoms with Gasteiger partial charge in [0, 0.05) is 41.9 Å². The second-order valence-electron chi connectivity index (χ2n) is 9.78. The fraction of sp³-hybridized carbons (Fsp3) is 0.281. The van der Waals surface area contributed by atoms with Gasteiger partial charge >= 0.3 is 5.97 Å². The number of hydrogen-bond donors (Lipinski definition) is 1. The van der Waals surface area contributed by atoms with E-state index in [0.717, 1.165) is 51.9 Å². The van der Waals surface area contributed by atoms with Gasteiger partial charge in [-0.3, -0.25) is 9.59 Å². The number of rotatable bonds is 13. The van der Waals surface area contributed by atoms with Gasteiger partial charge < -0.3 is 14.7 Å². The van der Waals surface area contributed by atoms with E-state index < -0.39 is 5.97 Å². The van der Waals surface area contributed by atoms with Gasteiger partial charge in [-0.05, 0) is 59.9 Å². The summed E-state index contributed by atoms with van der Waals surface area (Å²) < 4.78 is 6.13. The number of fused-ring (bicyclic) bond motifs is 1. The predicted molar refractivity (Wildman–Crippen MR) is 162 cm³/mol. The van der Waals surface area contributed by atoms with Crippen molar-refractivity contribution in [2.75, 3.05) is 19.8 Å². The Morgan fingerprint density at radius 3 is 2.55 bits per heavy atom. The second-order valence-corrected chi connectivity index (χ2v) is 11.5. The number of aliphatic carboxylic acids is 1. The summed E-state index contributed by atoms with van der Waals surface area (Å²) >= 11 is 7.88. The first-order valence-electron chi connectivity index (χ1n) is 13.2. The SMILES string of the molecule is CN(C)C(=O)CCSC(CCc1ccccc1CC(=O)O)c1cccc(OCc2ccc3ccc(Cl)cc3n2)c1. The molecule has 4 aromatic rings. The Morgan fingerprint density at radius 2 is 1.77 bits per heavy atom. The normalized spacial score (nSPS) is 11.8. The zero-order valence-electron chi connectivity index (χ0n) is 22.7. The Morgan fingerprint density at radius 1 is 1.00 bits per heavy atom.